The van der Waals surface area contributed by atoms with Crippen molar-refractivity contribution in [2.45, 2.75) is 64.4 Å². The van der Waals surface area contributed by atoms with Crippen LogP contribution < -0.4 is 4.74 Å². The molecule has 0 spiro atoms. The molecule has 0 aromatic heterocycles. The van der Waals surface area contributed by atoms with E-state index in [1.807, 2.05) is 18.2 Å². The third-order valence-corrected chi connectivity index (χ3v) is 8.30. The van der Waals surface area contributed by atoms with Gasteiger partial charge in [-0.15, -0.1) is 0 Å². The Morgan fingerprint density at radius 2 is 1.66 bits per heavy atom. The fourth-order valence-corrected chi connectivity index (χ4v) is 5.44. The fourth-order valence-electron chi connectivity index (χ4n) is 5.44. The Morgan fingerprint density at radius 3 is 2.21 bits per heavy atom. The zero-order chi connectivity index (χ0) is 27.3. The molecule has 3 aromatic carbocycles. The van der Waals surface area contributed by atoms with Crippen molar-refractivity contribution < 1.29 is 19.0 Å². The number of methoxy groups -OCH3 is 2. The number of carbonyl (C=O) groups is 1. The van der Waals surface area contributed by atoms with E-state index in [0.717, 1.165) is 48.3 Å². The molecule has 1 fully saturated rings. The molecule has 0 aliphatic carbocycles. The molecule has 4 heteroatoms. The highest BCUT2D eigenvalue weighted by atomic mass is 16.6. The van der Waals surface area contributed by atoms with Crippen LogP contribution in [0.2, 0.25) is 0 Å². The summed E-state index contributed by atoms with van der Waals surface area (Å²) < 4.78 is 16.1. The van der Waals surface area contributed by atoms with Gasteiger partial charge in [-0.25, -0.2) is 0 Å². The topological polar surface area (TPSA) is 48.1 Å². The standard InChI is InChI=1S/C34H40O4/c1-7-33(23-38-33)19-18-26-11-16-29(20-24(26)4)34(8-2,9-3)28-14-12-27(13-15-28)30-21-25(22-32(35)37-6)10-17-31(30)36-5/h10-21H,7-9,22-23H2,1-6H3/b19-18+. The molecule has 1 atom stereocenters. The summed E-state index contributed by atoms with van der Waals surface area (Å²) in [6, 6.07) is 21.6. The van der Waals surface area contributed by atoms with E-state index in [9.17, 15) is 4.79 Å². The lowest BCUT2D eigenvalue weighted by Crippen LogP contribution is -2.26. The second-order valence-corrected chi connectivity index (χ2v) is 10.3. The highest BCUT2D eigenvalue weighted by Crippen LogP contribution is 2.41. The van der Waals surface area contributed by atoms with E-state index in [1.165, 1.54) is 29.4 Å². The average Bonchev–Trinajstić information content (AvgIpc) is 3.74. The van der Waals surface area contributed by atoms with Gasteiger partial charge in [-0.1, -0.05) is 75.4 Å². The van der Waals surface area contributed by atoms with Gasteiger partial charge in [0.05, 0.1) is 27.2 Å². The second kappa shape index (κ2) is 11.6. The molecule has 0 radical (unpaired) electrons. The molecule has 1 aliphatic rings. The first kappa shape index (κ1) is 27.7. The van der Waals surface area contributed by atoms with Gasteiger partial charge in [0.25, 0.3) is 0 Å². The van der Waals surface area contributed by atoms with Gasteiger partial charge in [0.1, 0.15) is 11.4 Å². The molecule has 0 saturated carbocycles. The minimum Gasteiger partial charge on any atom is -0.496 e. The Morgan fingerprint density at radius 1 is 0.974 bits per heavy atom. The second-order valence-electron chi connectivity index (χ2n) is 10.3. The average molecular weight is 513 g/mol. The molecular formula is C34H40O4. The Labute approximate surface area is 227 Å². The minimum atomic E-state index is -0.255. The van der Waals surface area contributed by atoms with Crippen LogP contribution in [0.25, 0.3) is 17.2 Å². The van der Waals surface area contributed by atoms with Crippen molar-refractivity contribution in [2.75, 3.05) is 20.8 Å². The van der Waals surface area contributed by atoms with Crippen molar-refractivity contribution in [3.05, 3.63) is 94.6 Å². The van der Waals surface area contributed by atoms with Gasteiger partial charge in [-0.05, 0) is 77.8 Å². The summed E-state index contributed by atoms with van der Waals surface area (Å²) >= 11 is 0. The van der Waals surface area contributed by atoms with Gasteiger partial charge in [0.15, 0.2) is 0 Å². The van der Waals surface area contributed by atoms with Crippen LogP contribution in [0.1, 0.15) is 67.9 Å². The lowest BCUT2D eigenvalue weighted by Gasteiger charge is -2.34. The molecule has 1 aliphatic heterocycles. The first-order chi connectivity index (χ1) is 18.3. The summed E-state index contributed by atoms with van der Waals surface area (Å²) in [5.41, 5.74) is 7.96. The monoisotopic (exact) mass is 512 g/mol. The van der Waals surface area contributed by atoms with Crippen molar-refractivity contribution in [3.63, 3.8) is 0 Å². The molecule has 4 nitrogen and oxygen atoms in total. The van der Waals surface area contributed by atoms with Crippen LogP contribution in [0, 0.1) is 6.92 Å². The van der Waals surface area contributed by atoms with Crippen LogP contribution in [0.3, 0.4) is 0 Å². The van der Waals surface area contributed by atoms with Crippen molar-refractivity contribution in [1.82, 2.24) is 0 Å². The fraction of sp³-hybridized carbons (Fsp3) is 0.382. The number of rotatable bonds is 11. The highest BCUT2D eigenvalue weighted by molar-refractivity contribution is 5.76. The van der Waals surface area contributed by atoms with Gasteiger partial charge < -0.3 is 14.2 Å². The van der Waals surface area contributed by atoms with E-state index in [-0.39, 0.29) is 23.4 Å². The summed E-state index contributed by atoms with van der Waals surface area (Å²) in [7, 11) is 3.09. The van der Waals surface area contributed by atoms with Gasteiger partial charge >= 0.3 is 5.97 Å². The van der Waals surface area contributed by atoms with Crippen molar-refractivity contribution in [3.8, 4) is 16.9 Å². The van der Waals surface area contributed by atoms with Crippen LogP contribution >= 0.6 is 0 Å². The summed E-state index contributed by atoms with van der Waals surface area (Å²) in [6.45, 7) is 9.74. The van der Waals surface area contributed by atoms with E-state index in [1.54, 1.807) is 7.11 Å². The largest absolute Gasteiger partial charge is 0.496 e. The molecular weight excluding hydrogens is 472 g/mol. The number of hydrogen-bond donors (Lipinski definition) is 0. The third kappa shape index (κ3) is 5.56. The molecule has 0 N–H and O–H groups in total. The SMILES string of the molecule is CCC1(/C=C/c2ccc(C(CC)(CC)c3ccc(-c4cc(CC(=O)OC)ccc4OC)cc3)cc2C)CO1. The van der Waals surface area contributed by atoms with Gasteiger partial charge in [0.2, 0.25) is 0 Å². The van der Waals surface area contributed by atoms with E-state index < -0.39 is 0 Å². The first-order valence-electron chi connectivity index (χ1n) is 13.6. The summed E-state index contributed by atoms with van der Waals surface area (Å²) in [5, 5.41) is 0. The normalized spacial score (nSPS) is 17.0. The lowest BCUT2D eigenvalue weighted by molar-refractivity contribution is -0.139. The van der Waals surface area contributed by atoms with Crippen LogP contribution in [-0.4, -0.2) is 32.4 Å². The molecule has 0 amide bonds. The molecule has 1 saturated heterocycles. The molecule has 3 aromatic rings. The van der Waals surface area contributed by atoms with Gasteiger partial charge in [0, 0.05) is 11.0 Å². The van der Waals surface area contributed by atoms with Gasteiger partial charge in [-0.2, -0.15) is 0 Å². The van der Waals surface area contributed by atoms with E-state index in [2.05, 4.69) is 82.3 Å². The van der Waals surface area contributed by atoms with Crippen LogP contribution in [0.5, 0.6) is 5.75 Å². The number of ether oxygens (including phenoxy) is 3. The maximum atomic E-state index is 11.8. The van der Waals surface area contributed by atoms with Crippen molar-refractivity contribution in [1.29, 1.82) is 0 Å². The van der Waals surface area contributed by atoms with E-state index in [0.29, 0.717) is 0 Å². The zero-order valence-electron chi connectivity index (χ0n) is 23.6. The number of carbonyl (C=O) groups excluding carboxylic acids is 1. The van der Waals surface area contributed by atoms with Crippen LogP contribution in [0.15, 0.2) is 66.7 Å². The molecule has 0 bridgehead atoms. The van der Waals surface area contributed by atoms with E-state index in [4.69, 9.17) is 14.2 Å². The predicted molar refractivity (Wildman–Crippen MR) is 155 cm³/mol. The minimum absolute atomic E-state index is 0.0506. The maximum Gasteiger partial charge on any atom is 0.309 e. The molecule has 1 unspecified atom stereocenters. The summed E-state index contributed by atoms with van der Waals surface area (Å²) in [5.74, 6) is 0.527. The predicted octanol–water partition coefficient (Wildman–Crippen LogP) is 7.68. The Bertz CT molecular complexity index is 1290. The zero-order valence-corrected chi connectivity index (χ0v) is 23.6. The van der Waals surface area contributed by atoms with Crippen LogP contribution in [-0.2, 0) is 26.1 Å². The van der Waals surface area contributed by atoms with Crippen LogP contribution in [0.4, 0.5) is 0 Å². The first-order valence-corrected chi connectivity index (χ1v) is 13.6. The number of benzene rings is 3. The number of epoxide rings is 1. The molecule has 4 rings (SSSR count). The number of hydrogen-bond acceptors (Lipinski definition) is 4. The summed E-state index contributed by atoms with van der Waals surface area (Å²) in [6.07, 6.45) is 7.68. The maximum absolute atomic E-state index is 11.8. The Kier molecular flexibility index (Phi) is 8.42. The van der Waals surface area contributed by atoms with Gasteiger partial charge in [-0.3, -0.25) is 4.79 Å². The quantitative estimate of drug-likeness (QED) is 0.195. The number of aryl methyl sites for hydroxylation is 1. The highest BCUT2D eigenvalue weighted by Gasteiger charge is 2.39. The molecule has 1 heterocycles. The molecule has 38 heavy (non-hydrogen) atoms. The Balaban J connectivity index is 1.66. The van der Waals surface area contributed by atoms with E-state index >= 15 is 0 Å². The third-order valence-electron chi connectivity index (χ3n) is 8.30. The Hall–Kier alpha value is -3.37. The van der Waals surface area contributed by atoms with Crippen molar-refractivity contribution in [2.24, 2.45) is 0 Å². The smallest absolute Gasteiger partial charge is 0.309 e. The molecule has 200 valence electrons. The van der Waals surface area contributed by atoms with Crippen molar-refractivity contribution >= 4 is 12.0 Å². The summed E-state index contributed by atoms with van der Waals surface area (Å²) in [4.78, 5) is 11.8. The lowest BCUT2D eigenvalue weighted by atomic mass is 9.70. The number of esters is 1.